The van der Waals surface area contributed by atoms with E-state index in [1.807, 2.05) is 0 Å². The van der Waals surface area contributed by atoms with E-state index in [0.717, 1.165) is 12.8 Å². The van der Waals surface area contributed by atoms with Crippen LogP contribution in [0, 0.1) is 18.3 Å². The maximum atomic E-state index is 12.3. The number of carboxylic acid groups (broad SMARTS) is 1. The van der Waals surface area contributed by atoms with Crippen LogP contribution in [0.1, 0.15) is 48.4 Å². The molecular formula is C15H21NO4. The molecule has 0 atom stereocenters. The zero-order valence-electron chi connectivity index (χ0n) is 12.2. The molecule has 1 aromatic heterocycles. The molecule has 1 aliphatic rings. The van der Waals surface area contributed by atoms with Crippen LogP contribution < -0.4 is 5.32 Å². The standard InChI is InChI=1S/C15H21NO4/c1-9(2)15(4-5-15)8-16-14(19)13-10(3)7-20-11(13)6-12(17)18/h7,9H,4-6,8H2,1-3H3,(H,16,19)(H,17,18). The third-order valence-corrected chi connectivity index (χ3v) is 4.31. The smallest absolute Gasteiger partial charge is 0.311 e. The Kier molecular flexibility index (Phi) is 3.88. The number of aliphatic carboxylic acids is 1. The lowest BCUT2D eigenvalue weighted by Gasteiger charge is -2.20. The predicted molar refractivity (Wildman–Crippen MR) is 73.6 cm³/mol. The third kappa shape index (κ3) is 2.86. The van der Waals surface area contributed by atoms with E-state index in [0.29, 0.717) is 23.6 Å². The number of rotatable bonds is 6. The lowest BCUT2D eigenvalue weighted by Crippen LogP contribution is -2.33. The first kappa shape index (κ1) is 14.6. The van der Waals surface area contributed by atoms with Gasteiger partial charge in [-0.2, -0.15) is 0 Å². The molecule has 1 heterocycles. The predicted octanol–water partition coefficient (Wildman–Crippen LogP) is 2.38. The zero-order valence-corrected chi connectivity index (χ0v) is 12.2. The van der Waals surface area contributed by atoms with Gasteiger partial charge in [-0.15, -0.1) is 0 Å². The fourth-order valence-corrected chi connectivity index (χ4v) is 2.53. The molecule has 2 N–H and O–H groups in total. The monoisotopic (exact) mass is 279 g/mol. The number of amides is 1. The molecule has 5 heteroatoms. The molecule has 0 bridgehead atoms. The molecule has 0 aromatic carbocycles. The highest BCUT2D eigenvalue weighted by molar-refractivity contribution is 5.97. The van der Waals surface area contributed by atoms with E-state index in [4.69, 9.17) is 9.52 Å². The summed E-state index contributed by atoms with van der Waals surface area (Å²) in [6.07, 6.45) is 3.43. The first-order valence-corrected chi connectivity index (χ1v) is 6.93. The number of carbonyl (C=O) groups is 2. The number of furan rings is 1. The number of aryl methyl sites for hydroxylation is 1. The highest BCUT2D eigenvalue weighted by Gasteiger charge is 2.45. The molecule has 1 aliphatic carbocycles. The van der Waals surface area contributed by atoms with Crippen molar-refractivity contribution in [3.63, 3.8) is 0 Å². The number of nitrogens with one attached hydrogen (secondary N) is 1. The normalized spacial score (nSPS) is 16.2. The molecular weight excluding hydrogens is 258 g/mol. The Morgan fingerprint density at radius 3 is 2.60 bits per heavy atom. The summed E-state index contributed by atoms with van der Waals surface area (Å²) in [6.45, 7) is 6.72. The van der Waals surface area contributed by atoms with Crippen LogP contribution in [0.25, 0.3) is 0 Å². The Balaban J connectivity index is 2.06. The van der Waals surface area contributed by atoms with Gasteiger partial charge < -0.3 is 14.8 Å². The average molecular weight is 279 g/mol. The summed E-state index contributed by atoms with van der Waals surface area (Å²) in [5, 5.41) is 11.8. The van der Waals surface area contributed by atoms with Gasteiger partial charge >= 0.3 is 5.97 Å². The molecule has 0 unspecified atom stereocenters. The fraction of sp³-hybridized carbons (Fsp3) is 0.600. The fourth-order valence-electron chi connectivity index (χ4n) is 2.53. The second-order valence-corrected chi connectivity index (χ2v) is 5.99. The minimum absolute atomic E-state index is 0.222. The van der Waals surface area contributed by atoms with Crippen LogP contribution in [0.2, 0.25) is 0 Å². The topological polar surface area (TPSA) is 79.5 Å². The summed E-state index contributed by atoms with van der Waals surface area (Å²) in [4.78, 5) is 23.0. The maximum Gasteiger partial charge on any atom is 0.311 e. The van der Waals surface area contributed by atoms with Crippen LogP contribution >= 0.6 is 0 Å². The average Bonchev–Trinajstić information content (AvgIpc) is 3.07. The van der Waals surface area contributed by atoms with Gasteiger partial charge in [0.25, 0.3) is 5.91 Å². The maximum absolute atomic E-state index is 12.3. The van der Waals surface area contributed by atoms with Gasteiger partial charge in [-0.1, -0.05) is 13.8 Å². The first-order chi connectivity index (χ1) is 9.35. The van der Waals surface area contributed by atoms with Gasteiger partial charge in [0.1, 0.15) is 12.2 Å². The SMILES string of the molecule is Cc1coc(CC(=O)O)c1C(=O)NCC1(C(C)C)CC1. The summed E-state index contributed by atoms with van der Waals surface area (Å²) >= 11 is 0. The van der Waals surface area contributed by atoms with E-state index >= 15 is 0 Å². The van der Waals surface area contributed by atoms with E-state index in [9.17, 15) is 9.59 Å². The Hall–Kier alpha value is -1.78. The van der Waals surface area contributed by atoms with Gasteiger partial charge in [-0.05, 0) is 31.1 Å². The van der Waals surface area contributed by atoms with E-state index in [2.05, 4.69) is 19.2 Å². The largest absolute Gasteiger partial charge is 0.481 e. The molecule has 0 spiro atoms. The Morgan fingerprint density at radius 2 is 2.10 bits per heavy atom. The van der Waals surface area contributed by atoms with Gasteiger partial charge in [0.05, 0.1) is 11.8 Å². The van der Waals surface area contributed by atoms with Crippen molar-refractivity contribution in [2.24, 2.45) is 11.3 Å². The van der Waals surface area contributed by atoms with E-state index < -0.39 is 5.97 Å². The highest BCUT2D eigenvalue weighted by atomic mass is 16.4. The van der Waals surface area contributed by atoms with Gasteiger partial charge in [0.15, 0.2) is 0 Å². The number of carbonyl (C=O) groups excluding carboxylic acids is 1. The Bertz CT molecular complexity index is 526. The molecule has 1 saturated carbocycles. The zero-order chi connectivity index (χ0) is 14.9. The molecule has 0 saturated heterocycles. The van der Waals surface area contributed by atoms with Gasteiger partial charge in [0.2, 0.25) is 0 Å². The van der Waals surface area contributed by atoms with Crippen molar-refractivity contribution in [3.8, 4) is 0 Å². The second-order valence-electron chi connectivity index (χ2n) is 5.99. The van der Waals surface area contributed by atoms with Crippen molar-refractivity contribution in [1.29, 1.82) is 0 Å². The lowest BCUT2D eigenvalue weighted by atomic mass is 9.92. The molecule has 1 amide bonds. The van der Waals surface area contributed by atoms with Crippen molar-refractivity contribution in [1.82, 2.24) is 5.32 Å². The van der Waals surface area contributed by atoms with E-state index in [1.54, 1.807) is 6.92 Å². The van der Waals surface area contributed by atoms with Crippen LogP contribution in [0.15, 0.2) is 10.7 Å². The summed E-state index contributed by atoms with van der Waals surface area (Å²) in [5.41, 5.74) is 1.26. The molecule has 2 rings (SSSR count). The van der Waals surface area contributed by atoms with Crippen LogP contribution in [-0.2, 0) is 11.2 Å². The molecule has 1 aromatic rings. The third-order valence-electron chi connectivity index (χ3n) is 4.31. The molecule has 20 heavy (non-hydrogen) atoms. The van der Waals surface area contributed by atoms with E-state index in [1.165, 1.54) is 6.26 Å². The summed E-state index contributed by atoms with van der Waals surface area (Å²) in [5.74, 6) is -0.484. The van der Waals surface area contributed by atoms with E-state index in [-0.39, 0.29) is 23.5 Å². The van der Waals surface area contributed by atoms with Crippen molar-refractivity contribution in [3.05, 3.63) is 23.2 Å². The van der Waals surface area contributed by atoms with Crippen LogP contribution in [0.4, 0.5) is 0 Å². The minimum atomic E-state index is -1.01. The molecule has 1 fully saturated rings. The number of carboxylic acids is 1. The van der Waals surface area contributed by atoms with Crippen molar-refractivity contribution >= 4 is 11.9 Å². The van der Waals surface area contributed by atoms with Crippen LogP contribution in [-0.4, -0.2) is 23.5 Å². The molecule has 0 aliphatic heterocycles. The molecule has 5 nitrogen and oxygen atoms in total. The number of hydrogen-bond acceptors (Lipinski definition) is 3. The van der Waals surface area contributed by atoms with Gasteiger partial charge in [-0.3, -0.25) is 9.59 Å². The summed E-state index contributed by atoms with van der Waals surface area (Å²) in [7, 11) is 0. The molecule has 0 radical (unpaired) electrons. The quantitative estimate of drug-likeness (QED) is 0.838. The first-order valence-electron chi connectivity index (χ1n) is 6.93. The van der Waals surface area contributed by atoms with Crippen molar-refractivity contribution in [2.75, 3.05) is 6.54 Å². The van der Waals surface area contributed by atoms with Gasteiger partial charge in [-0.25, -0.2) is 0 Å². The lowest BCUT2D eigenvalue weighted by molar-refractivity contribution is -0.136. The highest BCUT2D eigenvalue weighted by Crippen LogP contribution is 2.51. The Morgan fingerprint density at radius 1 is 1.45 bits per heavy atom. The van der Waals surface area contributed by atoms with Gasteiger partial charge in [0, 0.05) is 12.1 Å². The van der Waals surface area contributed by atoms with Crippen molar-refractivity contribution < 1.29 is 19.1 Å². The Labute approximate surface area is 118 Å². The minimum Gasteiger partial charge on any atom is -0.481 e. The number of hydrogen-bond donors (Lipinski definition) is 2. The second kappa shape index (κ2) is 5.31. The molecule has 110 valence electrons. The van der Waals surface area contributed by atoms with Crippen molar-refractivity contribution in [2.45, 2.75) is 40.0 Å². The van der Waals surface area contributed by atoms with Crippen LogP contribution in [0.3, 0.4) is 0 Å². The summed E-state index contributed by atoms with van der Waals surface area (Å²) < 4.78 is 5.18. The van der Waals surface area contributed by atoms with Crippen LogP contribution in [0.5, 0.6) is 0 Å². The summed E-state index contributed by atoms with van der Waals surface area (Å²) in [6, 6.07) is 0.